The zero-order valence-electron chi connectivity index (χ0n) is 9.67. The van der Waals surface area contributed by atoms with Gasteiger partial charge in [0, 0.05) is 18.2 Å². The molecule has 17 heavy (non-hydrogen) atoms. The predicted molar refractivity (Wildman–Crippen MR) is 77.0 cm³/mol. The van der Waals surface area contributed by atoms with E-state index in [4.69, 9.17) is 4.74 Å². The van der Waals surface area contributed by atoms with Crippen LogP contribution in [0.15, 0.2) is 18.2 Å². The molecule has 0 aliphatic carbocycles. The fraction of sp³-hybridized carbons (Fsp3) is 0.462. The molecule has 2 rings (SSSR count). The second kappa shape index (κ2) is 6.23. The molecule has 1 aromatic rings. The number of anilines is 1. The summed E-state index contributed by atoms with van der Waals surface area (Å²) in [4.78, 5) is 11.3. The number of carbonyl (C=O) groups excluding carboxylic acids is 1. The van der Waals surface area contributed by atoms with Gasteiger partial charge in [-0.3, -0.25) is 4.79 Å². The summed E-state index contributed by atoms with van der Waals surface area (Å²) in [5, 5.41) is 2.88. The topological polar surface area (TPSA) is 38.3 Å². The number of amides is 1. The summed E-state index contributed by atoms with van der Waals surface area (Å²) in [6.45, 7) is 0.746. The highest BCUT2D eigenvalue weighted by molar-refractivity contribution is 14.1. The van der Waals surface area contributed by atoms with Crippen molar-refractivity contribution in [2.45, 2.75) is 25.7 Å². The van der Waals surface area contributed by atoms with E-state index in [1.165, 1.54) is 16.4 Å². The molecular weight excluding hydrogens is 329 g/mol. The number of benzene rings is 1. The van der Waals surface area contributed by atoms with Gasteiger partial charge in [-0.05, 0) is 35.3 Å². The van der Waals surface area contributed by atoms with Crippen LogP contribution in [0.3, 0.4) is 0 Å². The van der Waals surface area contributed by atoms with Gasteiger partial charge in [0.1, 0.15) is 5.75 Å². The predicted octanol–water partition coefficient (Wildman–Crippen LogP) is 3.17. The maximum absolute atomic E-state index is 11.3. The molecule has 92 valence electrons. The lowest BCUT2D eigenvalue weighted by Gasteiger charge is -2.17. The number of hydrogen-bond donors (Lipinski definition) is 1. The van der Waals surface area contributed by atoms with Gasteiger partial charge in [0.15, 0.2) is 0 Å². The Morgan fingerprint density at radius 2 is 2.18 bits per heavy atom. The third kappa shape index (κ3) is 3.59. The lowest BCUT2D eigenvalue weighted by molar-refractivity contribution is -0.116. The fourth-order valence-corrected chi connectivity index (χ4v) is 2.37. The minimum absolute atomic E-state index is 0.0968. The lowest BCUT2D eigenvalue weighted by atomic mass is 10.0. The first-order valence-electron chi connectivity index (χ1n) is 5.91. The molecule has 0 unspecified atom stereocenters. The number of hydrogen-bond acceptors (Lipinski definition) is 2. The summed E-state index contributed by atoms with van der Waals surface area (Å²) < 4.78 is 6.82. The summed E-state index contributed by atoms with van der Waals surface area (Å²) >= 11 is 2.37. The number of rotatable bonds is 5. The maximum atomic E-state index is 11.3. The van der Waals surface area contributed by atoms with Crippen molar-refractivity contribution in [3.05, 3.63) is 23.8 Å². The highest BCUT2D eigenvalue weighted by atomic mass is 127. The molecule has 1 N–H and O–H groups in total. The van der Waals surface area contributed by atoms with Crippen LogP contribution in [-0.4, -0.2) is 16.9 Å². The van der Waals surface area contributed by atoms with Crippen molar-refractivity contribution in [1.29, 1.82) is 0 Å². The second-order valence-electron chi connectivity index (χ2n) is 4.11. The zero-order valence-corrected chi connectivity index (χ0v) is 11.8. The molecule has 0 spiro atoms. The van der Waals surface area contributed by atoms with E-state index in [0.717, 1.165) is 30.9 Å². The maximum Gasteiger partial charge on any atom is 0.224 e. The van der Waals surface area contributed by atoms with E-state index in [1.54, 1.807) is 0 Å². The van der Waals surface area contributed by atoms with Crippen LogP contribution >= 0.6 is 22.6 Å². The van der Waals surface area contributed by atoms with Crippen LogP contribution in [0.1, 0.15) is 24.8 Å². The quantitative estimate of drug-likeness (QED) is 0.506. The van der Waals surface area contributed by atoms with E-state index < -0.39 is 0 Å². The summed E-state index contributed by atoms with van der Waals surface area (Å²) in [7, 11) is 0. The van der Waals surface area contributed by atoms with E-state index in [2.05, 4.69) is 27.9 Å². The smallest absolute Gasteiger partial charge is 0.224 e. The van der Waals surface area contributed by atoms with Crippen molar-refractivity contribution in [1.82, 2.24) is 0 Å². The Bertz CT molecular complexity index is 406. The third-order valence-electron chi connectivity index (χ3n) is 2.77. The van der Waals surface area contributed by atoms with E-state index in [-0.39, 0.29) is 5.91 Å². The van der Waals surface area contributed by atoms with Crippen molar-refractivity contribution in [3.63, 3.8) is 0 Å². The summed E-state index contributed by atoms with van der Waals surface area (Å²) in [5.74, 6) is 0.943. The first-order valence-corrected chi connectivity index (χ1v) is 7.43. The number of unbranched alkanes of at least 4 members (excludes halogenated alkanes) is 1. The molecule has 0 saturated carbocycles. The molecule has 0 fully saturated rings. The number of halogens is 1. The van der Waals surface area contributed by atoms with Gasteiger partial charge in [-0.1, -0.05) is 28.7 Å². The Morgan fingerprint density at radius 3 is 3.00 bits per heavy atom. The van der Waals surface area contributed by atoms with Crippen LogP contribution in [0.2, 0.25) is 0 Å². The van der Waals surface area contributed by atoms with Crippen molar-refractivity contribution >= 4 is 34.2 Å². The van der Waals surface area contributed by atoms with Crippen LogP contribution < -0.4 is 10.1 Å². The Morgan fingerprint density at radius 1 is 1.29 bits per heavy atom. The van der Waals surface area contributed by atoms with Crippen LogP contribution in [0.4, 0.5) is 5.69 Å². The van der Waals surface area contributed by atoms with Gasteiger partial charge < -0.3 is 10.1 Å². The van der Waals surface area contributed by atoms with E-state index in [0.29, 0.717) is 6.42 Å². The molecule has 1 aliphatic rings. The van der Waals surface area contributed by atoms with Gasteiger partial charge in [-0.15, -0.1) is 0 Å². The minimum Gasteiger partial charge on any atom is -0.494 e. The molecule has 0 aromatic heterocycles. The Kier molecular flexibility index (Phi) is 4.65. The SMILES string of the molecule is O=C1CCc2ccc(OCCCCI)cc2N1. The molecule has 3 nitrogen and oxygen atoms in total. The highest BCUT2D eigenvalue weighted by Crippen LogP contribution is 2.27. The van der Waals surface area contributed by atoms with Crippen LogP contribution in [0.5, 0.6) is 5.75 Å². The van der Waals surface area contributed by atoms with Crippen LogP contribution in [-0.2, 0) is 11.2 Å². The normalized spacial score (nSPS) is 14.1. The average Bonchev–Trinajstić information content (AvgIpc) is 2.34. The van der Waals surface area contributed by atoms with Crippen molar-refractivity contribution in [3.8, 4) is 5.75 Å². The van der Waals surface area contributed by atoms with Crippen molar-refractivity contribution in [2.75, 3.05) is 16.4 Å². The highest BCUT2D eigenvalue weighted by Gasteiger charge is 2.14. The van der Waals surface area contributed by atoms with Gasteiger partial charge in [-0.2, -0.15) is 0 Å². The summed E-state index contributed by atoms with van der Waals surface area (Å²) in [5.41, 5.74) is 2.11. The fourth-order valence-electron chi connectivity index (χ4n) is 1.83. The first kappa shape index (κ1) is 12.7. The average molecular weight is 345 g/mol. The Hall–Kier alpha value is -0.780. The molecule has 4 heteroatoms. The number of fused-ring (bicyclic) bond motifs is 1. The van der Waals surface area contributed by atoms with E-state index >= 15 is 0 Å². The van der Waals surface area contributed by atoms with Gasteiger partial charge in [0.2, 0.25) is 5.91 Å². The second-order valence-corrected chi connectivity index (χ2v) is 5.19. The molecule has 1 amide bonds. The molecule has 1 aromatic carbocycles. The van der Waals surface area contributed by atoms with Gasteiger partial charge in [0.05, 0.1) is 6.61 Å². The van der Waals surface area contributed by atoms with E-state index in [1.807, 2.05) is 18.2 Å². The van der Waals surface area contributed by atoms with Gasteiger partial charge >= 0.3 is 0 Å². The van der Waals surface area contributed by atoms with E-state index in [9.17, 15) is 4.79 Å². The zero-order chi connectivity index (χ0) is 12.1. The lowest BCUT2D eigenvalue weighted by Crippen LogP contribution is -2.18. The number of alkyl halides is 1. The monoisotopic (exact) mass is 345 g/mol. The molecule has 1 heterocycles. The number of aryl methyl sites for hydroxylation is 1. The first-order chi connectivity index (χ1) is 8.29. The number of carbonyl (C=O) groups is 1. The van der Waals surface area contributed by atoms with Crippen LogP contribution in [0.25, 0.3) is 0 Å². The number of nitrogens with one attached hydrogen (secondary N) is 1. The van der Waals surface area contributed by atoms with Gasteiger partial charge in [0.25, 0.3) is 0 Å². The standard InChI is InChI=1S/C13H16INO2/c14-7-1-2-8-17-11-5-3-10-4-6-13(16)15-12(10)9-11/h3,5,9H,1-2,4,6-8H2,(H,15,16). The Labute approximate surface area is 115 Å². The molecule has 1 aliphatic heterocycles. The molecule has 0 saturated heterocycles. The molecule has 0 radical (unpaired) electrons. The Balaban J connectivity index is 1.95. The third-order valence-corrected chi connectivity index (χ3v) is 3.54. The molecule has 0 atom stereocenters. The van der Waals surface area contributed by atoms with Crippen molar-refractivity contribution < 1.29 is 9.53 Å². The molecule has 0 bridgehead atoms. The number of ether oxygens (including phenoxy) is 1. The van der Waals surface area contributed by atoms with Gasteiger partial charge in [-0.25, -0.2) is 0 Å². The van der Waals surface area contributed by atoms with Crippen LogP contribution in [0, 0.1) is 0 Å². The van der Waals surface area contributed by atoms with Crippen molar-refractivity contribution in [2.24, 2.45) is 0 Å². The molecular formula is C13H16INO2. The minimum atomic E-state index is 0.0968. The summed E-state index contributed by atoms with van der Waals surface area (Å²) in [6, 6.07) is 5.96. The summed E-state index contributed by atoms with van der Waals surface area (Å²) in [6.07, 6.45) is 3.67. The largest absolute Gasteiger partial charge is 0.494 e.